The maximum absolute atomic E-state index is 11.9. The van der Waals surface area contributed by atoms with Gasteiger partial charge in [0.15, 0.2) is 0 Å². The van der Waals surface area contributed by atoms with Crippen molar-refractivity contribution in [2.24, 2.45) is 11.5 Å². The number of nitrogens with two attached hydrogens (primary N) is 2. The number of hydrogen-bond donors (Lipinski definition) is 7. The van der Waals surface area contributed by atoms with Gasteiger partial charge in [0.05, 0.1) is 6.61 Å². The first-order valence-corrected chi connectivity index (χ1v) is 9.67. The zero-order chi connectivity index (χ0) is 19.1. The molecule has 1 rings (SSSR count). The Labute approximate surface area is 151 Å². The number of esters is 1. The first-order valence-electron chi connectivity index (χ1n) is 7.18. The molecule has 0 spiro atoms. The van der Waals surface area contributed by atoms with Crippen LogP contribution in [0.1, 0.15) is 0 Å². The van der Waals surface area contributed by atoms with E-state index < -0.39 is 61.3 Å². The molecule has 0 aliphatic carbocycles. The third-order valence-electron chi connectivity index (χ3n) is 3.28. The summed E-state index contributed by atoms with van der Waals surface area (Å²) in [5.74, 6) is -1.87. The largest absolute Gasteiger partial charge is 0.480 e. The molecule has 0 bridgehead atoms. The summed E-state index contributed by atoms with van der Waals surface area (Å²) in [5, 5.41) is 46.7. The van der Waals surface area contributed by atoms with Crippen molar-refractivity contribution in [3.8, 4) is 0 Å². The number of aliphatic hydroxyl groups excluding tert-OH is 4. The number of ether oxygens (including phenoxy) is 2. The van der Waals surface area contributed by atoms with E-state index in [0.29, 0.717) is 0 Å². The smallest absolute Gasteiger partial charge is 0.326 e. The normalized spacial score (nSPS) is 32.0. The van der Waals surface area contributed by atoms with E-state index in [4.69, 9.17) is 31.2 Å². The van der Waals surface area contributed by atoms with Crippen molar-refractivity contribution in [2.75, 3.05) is 18.1 Å². The summed E-state index contributed by atoms with van der Waals surface area (Å²) < 4.78 is 9.91. The number of aliphatic hydroxyl groups is 4. The number of hydrogen-bond acceptors (Lipinski definition) is 12. The summed E-state index contributed by atoms with van der Waals surface area (Å²) >= 11 is 0. The molecular formula is C12H22N2O9S2. The summed E-state index contributed by atoms with van der Waals surface area (Å²) in [5.41, 5.74) is 10.9. The van der Waals surface area contributed by atoms with E-state index in [2.05, 4.69) is 0 Å². The number of carboxylic acids is 1. The Balaban J connectivity index is 2.42. The van der Waals surface area contributed by atoms with Gasteiger partial charge >= 0.3 is 11.9 Å². The molecule has 0 amide bonds. The lowest BCUT2D eigenvalue weighted by atomic mass is 9.99. The van der Waals surface area contributed by atoms with Crippen LogP contribution in [0.2, 0.25) is 0 Å². The average molecular weight is 402 g/mol. The zero-order valence-electron chi connectivity index (χ0n) is 13.0. The van der Waals surface area contributed by atoms with E-state index in [0.717, 1.165) is 21.6 Å². The quantitative estimate of drug-likeness (QED) is 0.113. The highest BCUT2D eigenvalue weighted by atomic mass is 33.1. The fourth-order valence-electron chi connectivity index (χ4n) is 1.75. The van der Waals surface area contributed by atoms with Crippen molar-refractivity contribution < 1.29 is 44.6 Å². The van der Waals surface area contributed by atoms with E-state index >= 15 is 0 Å². The van der Waals surface area contributed by atoms with Gasteiger partial charge in [0.1, 0.15) is 36.5 Å². The highest BCUT2D eigenvalue weighted by molar-refractivity contribution is 8.76. The molecular weight excluding hydrogens is 380 g/mol. The molecule has 0 aromatic heterocycles. The minimum Gasteiger partial charge on any atom is -0.480 e. The van der Waals surface area contributed by atoms with Gasteiger partial charge in [-0.1, -0.05) is 21.6 Å². The monoisotopic (exact) mass is 402 g/mol. The van der Waals surface area contributed by atoms with E-state index in [1.807, 2.05) is 0 Å². The minimum absolute atomic E-state index is 0.0766. The predicted octanol–water partition coefficient (Wildman–Crippen LogP) is -3.55. The lowest BCUT2D eigenvalue weighted by Crippen LogP contribution is -2.60. The van der Waals surface area contributed by atoms with Crippen LogP contribution in [-0.4, -0.2) is 98.4 Å². The minimum atomic E-state index is -1.70. The van der Waals surface area contributed by atoms with Crippen molar-refractivity contribution in [3.63, 3.8) is 0 Å². The lowest BCUT2D eigenvalue weighted by Gasteiger charge is -2.39. The Bertz CT molecular complexity index is 456. The Morgan fingerprint density at radius 3 is 2.12 bits per heavy atom. The topological polar surface area (TPSA) is 206 Å². The summed E-state index contributed by atoms with van der Waals surface area (Å²) in [7, 11) is 2.24. The van der Waals surface area contributed by atoms with Crippen LogP contribution >= 0.6 is 21.6 Å². The Morgan fingerprint density at radius 2 is 1.60 bits per heavy atom. The van der Waals surface area contributed by atoms with Gasteiger partial charge in [0, 0.05) is 11.5 Å². The SMILES string of the molecule is NC(CSSC[C@H](N)C(=O)OC1O[C@H](CO)[C@H](O)[C@H](O)[C@H]1O)C(=O)O. The third-order valence-corrected chi connectivity index (χ3v) is 5.75. The Hall–Kier alpha value is -0.640. The molecule has 0 aromatic carbocycles. The van der Waals surface area contributed by atoms with Crippen LogP contribution in [0.3, 0.4) is 0 Å². The van der Waals surface area contributed by atoms with Gasteiger partial charge in [-0.05, 0) is 0 Å². The second-order valence-electron chi connectivity index (χ2n) is 5.25. The molecule has 146 valence electrons. The molecule has 0 radical (unpaired) electrons. The first kappa shape index (κ1) is 22.4. The first-order chi connectivity index (χ1) is 11.7. The molecule has 13 heteroatoms. The maximum Gasteiger partial charge on any atom is 0.326 e. The van der Waals surface area contributed by atoms with Gasteiger partial charge in [-0.25, -0.2) is 0 Å². The van der Waals surface area contributed by atoms with Crippen molar-refractivity contribution in [1.82, 2.24) is 0 Å². The summed E-state index contributed by atoms with van der Waals surface area (Å²) in [4.78, 5) is 22.4. The lowest BCUT2D eigenvalue weighted by molar-refractivity contribution is -0.292. The molecule has 0 aromatic rings. The van der Waals surface area contributed by atoms with Crippen LogP contribution < -0.4 is 11.5 Å². The maximum atomic E-state index is 11.9. The fourth-order valence-corrected chi connectivity index (χ4v) is 3.97. The summed E-state index contributed by atoms with van der Waals surface area (Å²) in [6.45, 7) is -0.651. The zero-order valence-corrected chi connectivity index (χ0v) is 14.6. The van der Waals surface area contributed by atoms with E-state index in [1.165, 1.54) is 0 Å². The molecule has 2 unspecified atom stereocenters. The number of carbonyl (C=O) groups excluding carboxylic acids is 1. The van der Waals surface area contributed by atoms with E-state index in [-0.39, 0.29) is 11.5 Å². The van der Waals surface area contributed by atoms with Crippen LogP contribution in [0.4, 0.5) is 0 Å². The van der Waals surface area contributed by atoms with Gasteiger partial charge in [0.25, 0.3) is 0 Å². The molecule has 9 N–H and O–H groups in total. The highest BCUT2D eigenvalue weighted by Crippen LogP contribution is 2.24. The summed E-state index contributed by atoms with van der Waals surface area (Å²) in [6, 6.07) is -2.14. The van der Waals surface area contributed by atoms with Gasteiger partial charge in [-0.3, -0.25) is 9.59 Å². The molecule has 1 heterocycles. The molecule has 1 aliphatic rings. The third kappa shape index (κ3) is 6.54. The van der Waals surface area contributed by atoms with Crippen LogP contribution in [0.15, 0.2) is 0 Å². The number of rotatable bonds is 9. The Morgan fingerprint density at radius 1 is 1.04 bits per heavy atom. The molecule has 0 saturated carbocycles. The van der Waals surface area contributed by atoms with Crippen molar-refractivity contribution >= 4 is 33.5 Å². The summed E-state index contributed by atoms with van der Waals surface area (Å²) in [6.07, 6.45) is -7.72. The van der Waals surface area contributed by atoms with E-state index in [9.17, 15) is 24.9 Å². The highest BCUT2D eigenvalue weighted by Gasteiger charge is 2.45. The second kappa shape index (κ2) is 10.5. The van der Waals surface area contributed by atoms with Crippen molar-refractivity contribution in [2.45, 2.75) is 42.8 Å². The molecule has 25 heavy (non-hydrogen) atoms. The number of aliphatic carboxylic acids is 1. The molecule has 7 atom stereocenters. The fraction of sp³-hybridized carbons (Fsp3) is 0.833. The Kier molecular flexibility index (Phi) is 9.40. The van der Waals surface area contributed by atoms with Crippen molar-refractivity contribution in [3.05, 3.63) is 0 Å². The van der Waals surface area contributed by atoms with Crippen LogP contribution in [0.5, 0.6) is 0 Å². The molecule has 11 nitrogen and oxygen atoms in total. The average Bonchev–Trinajstić information content (AvgIpc) is 2.58. The van der Waals surface area contributed by atoms with Gasteiger partial charge < -0.3 is 46.5 Å². The second-order valence-corrected chi connectivity index (χ2v) is 7.81. The van der Waals surface area contributed by atoms with Crippen molar-refractivity contribution in [1.29, 1.82) is 0 Å². The number of carboxylic acid groups (broad SMARTS) is 1. The van der Waals surface area contributed by atoms with Crippen LogP contribution in [-0.2, 0) is 19.1 Å². The van der Waals surface area contributed by atoms with Crippen LogP contribution in [0, 0.1) is 0 Å². The van der Waals surface area contributed by atoms with Gasteiger partial charge in [-0.2, -0.15) is 0 Å². The van der Waals surface area contributed by atoms with Crippen LogP contribution in [0.25, 0.3) is 0 Å². The molecule has 1 fully saturated rings. The molecule has 1 saturated heterocycles. The van der Waals surface area contributed by atoms with Gasteiger partial charge in [0.2, 0.25) is 6.29 Å². The van der Waals surface area contributed by atoms with E-state index in [1.54, 1.807) is 0 Å². The predicted molar refractivity (Wildman–Crippen MR) is 88.4 cm³/mol. The van der Waals surface area contributed by atoms with Gasteiger partial charge in [-0.15, -0.1) is 0 Å². The molecule has 1 aliphatic heterocycles. The standard InChI is InChI=1S/C12H22N2O9S2/c13-4(10(19)20)2-24-25-3-5(14)11(21)23-12-9(18)8(17)7(16)6(1-15)22-12/h4-9,12,15-18H,1-3,13-14H2,(H,19,20)/t4?,5-,6+,7-,8-,9+,12?/m0/s1. The number of carbonyl (C=O) groups is 2.